The van der Waals surface area contributed by atoms with E-state index in [1.54, 1.807) is 0 Å². The maximum Gasteiger partial charge on any atom is 0.0992 e. The van der Waals surface area contributed by atoms with E-state index in [9.17, 15) is 0 Å². The largest absolute Gasteiger partial charge is 0.355 e. The molecular formula is C21H15N3S. The average Bonchev–Trinajstić information content (AvgIpc) is 3.41. The molecule has 0 radical (unpaired) electrons. The summed E-state index contributed by atoms with van der Waals surface area (Å²) in [6, 6.07) is 16.2. The second-order valence-corrected chi connectivity index (χ2v) is 7.42. The second-order valence-electron chi connectivity index (χ2n) is 6.51. The van der Waals surface area contributed by atoms with Crippen LogP contribution in [0.4, 0.5) is 11.4 Å². The van der Waals surface area contributed by atoms with E-state index in [2.05, 4.69) is 33.9 Å². The lowest BCUT2D eigenvalue weighted by molar-refractivity contribution is 1.16. The van der Waals surface area contributed by atoms with Gasteiger partial charge >= 0.3 is 0 Å². The van der Waals surface area contributed by atoms with Crippen LogP contribution >= 0.6 is 11.3 Å². The fraction of sp³-hybridized carbons (Fsp3) is 0.143. The number of nitriles is 1. The number of nitrogens with zero attached hydrogens (tertiary/aromatic N) is 2. The minimum absolute atomic E-state index is 0.651. The van der Waals surface area contributed by atoms with Crippen molar-refractivity contribution < 1.29 is 0 Å². The predicted octanol–water partition coefficient (Wildman–Crippen LogP) is 5.94. The van der Waals surface area contributed by atoms with E-state index in [1.807, 2.05) is 47.9 Å². The van der Waals surface area contributed by atoms with Crippen molar-refractivity contribution in [3.8, 4) is 6.07 Å². The molecule has 1 aliphatic carbocycles. The lowest BCUT2D eigenvalue weighted by Gasteiger charge is -2.10. The Hall–Kier alpha value is -2.90. The summed E-state index contributed by atoms with van der Waals surface area (Å²) >= 11 is 1.82. The van der Waals surface area contributed by atoms with E-state index >= 15 is 0 Å². The molecule has 0 aliphatic heterocycles. The Morgan fingerprint density at radius 1 is 1.12 bits per heavy atom. The highest BCUT2D eigenvalue weighted by Gasteiger charge is 2.26. The number of anilines is 2. The number of hydrogen-bond acceptors (Lipinski definition) is 4. The molecule has 5 rings (SSSR count). The first-order valence-electron chi connectivity index (χ1n) is 8.39. The van der Waals surface area contributed by atoms with Crippen LogP contribution in [-0.2, 0) is 0 Å². The van der Waals surface area contributed by atoms with Gasteiger partial charge in [0.05, 0.1) is 17.1 Å². The first-order valence-corrected chi connectivity index (χ1v) is 9.27. The molecule has 0 unspecified atom stereocenters. The molecule has 0 amide bonds. The zero-order valence-electron chi connectivity index (χ0n) is 13.5. The maximum atomic E-state index is 9.08. The van der Waals surface area contributed by atoms with E-state index in [-0.39, 0.29) is 0 Å². The van der Waals surface area contributed by atoms with Crippen molar-refractivity contribution in [2.45, 2.75) is 18.8 Å². The zero-order chi connectivity index (χ0) is 16.8. The Kier molecular flexibility index (Phi) is 3.22. The minimum Gasteiger partial charge on any atom is -0.355 e. The number of thiophene rings is 1. The molecule has 120 valence electrons. The lowest BCUT2D eigenvalue weighted by atomic mass is 10.1. The molecule has 0 spiro atoms. The SMILES string of the molecule is N#Cc1cccc(Nc2ccnc3cc4c(C5CC5)csc4cc23)c1. The van der Waals surface area contributed by atoms with Gasteiger partial charge in [0.15, 0.2) is 0 Å². The topological polar surface area (TPSA) is 48.7 Å². The summed E-state index contributed by atoms with van der Waals surface area (Å²) < 4.78 is 1.32. The molecule has 0 saturated heterocycles. The summed E-state index contributed by atoms with van der Waals surface area (Å²) in [4.78, 5) is 4.58. The molecule has 3 nitrogen and oxygen atoms in total. The van der Waals surface area contributed by atoms with Crippen LogP contribution in [0.15, 0.2) is 54.0 Å². The summed E-state index contributed by atoms with van der Waals surface area (Å²) in [5, 5.41) is 17.3. The van der Waals surface area contributed by atoms with Gasteiger partial charge < -0.3 is 5.32 Å². The summed E-state index contributed by atoms with van der Waals surface area (Å²) in [7, 11) is 0. The van der Waals surface area contributed by atoms with Crippen molar-refractivity contribution in [3.05, 3.63) is 65.2 Å². The van der Waals surface area contributed by atoms with Gasteiger partial charge in [-0.05, 0) is 71.5 Å². The Balaban J connectivity index is 1.63. The molecule has 0 bridgehead atoms. The van der Waals surface area contributed by atoms with E-state index in [4.69, 9.17) is 5.26 Å². The Labute approximate surface area is 149 Å². The Morgan fingerprint density at radius 3 is 2.88 bits per heavy atom. The molecule has 25 heavy (non-hydrogen) atoms. The molecule has 4 heteroatoms. The van der Waals surface area contributed by atoms with Crippen molar-refractivity contribution in [3.63, 3.8) is 0 Å². The van der Waals surface area contributed by atoms with Crippen molar-refractivity contribution in [1.29, 1.82) is 5.26 Å². The average molecular weight is 341 g/mol. The van der Waals surface area contributed by atoms with Gasteiger partial charge in [-0.3, -0.25) is 4.98 Å². The molecule has 1 aliphatic rings. The van der Waals surface area contributed by atoms with Crippen LogP contribution in [0.25, 0.3) is 21.0 Å². The molecule has 2 heterocycles. The fourth-order valence-corrected chi connectivity index (χ4v) is 4.39. The van der Waals surface area contributed by atoms with Crippen molar-refractivity contribution >= 4 is 43.7 Å². The van der Waals surface area contributed by atoms with Gasteiger partial charge in [-0.2, -0.15) is 5.26 Å². The van der Waals surface area contributed by atoms with Crippen LogP contribution in [0.2, 0.25) is 0 Å². The van der Waals surface area contributed by atoms with Crippen LogP contribution in [0.3, 0.4) is 0 Å². The Morgan fingerprint density at radius 2 is 2.04 bits per heavy atom. The normalized spacial score (nSPS) is 13.9. The number of rotatable bonds is 3. The van der Waals surface area contributed by atoms with Crippen molar-refractivity contribution in [2.24, 2.45) is 0 Å². The number of benzene rings is 2. The number of nitrogens with one attached hydrogen (secondary N) is 1. The number of fused-ring (bicyclic) bond motifs is 2. The quantitative estimate of drug-likeness (QED) is 0.501. The number of aromatic nitrogens is 1. The third kappa shape index (κ3) is 2.54. The third-order valence-electron chi connectivity index (χ3n) is 4.75. The van der Waals surface area contributed by atoms with Gasteiger partial charge in [-0.15, -0.1) is 11.3 Å². The molecular weight excluding hydrogens is 326 g/mol. The first kappa shape index (κ1) is 14.4. The Bertz CT molecular complexity index is 1150. The molecule has 2 aromatic heterocycles. The minimum atomic E-state index is 0.651. The van der Waals surface area contributed by atoms with Crippen molar-refractivity contribution in [2.75, 3.05) is 5.32 Å². The summed E-state index contributed by atoms with van der Waals surface area (Å²) in [5.74, 6) is 0.751. The van der Waals surface area contributed by atoms with Gasteiger partial charge in [-0.25, -0.2) is 0 Å². The van der Waals surface area contributed by atoms with Gasteiger partial charge in [0.25, 0.3) is 0 Å². The predicted molar refractivity (Wildman–Crippen MR) is 104 cm³/mol. The molecule has 2 aromatic carbocycles. The first-order chi connectivity index (χ1) is 12.3. The third-order valence-corrected chi connectivity index (χ3v) is 5.72. The molecule has 1 saturated carbocycles. The summed E-state index contributed by atoms with van der Waals surface area (Å²) in [6.45, 7) is 0. The van der Waals surface area contributed by atoms with Crippen LogP contribution in [-0.4, -0.2) is 4.98 Å². The van der Waals surface area contributed by atoms with Gasteiger partial charge in [0, 0.05) is 27.7 Å². The van der Waals surface area contributed by atoms with Crippen molar-refractivity contribution in [1.82, 2.24) is 4.98 Å². The molecule has 4 aromatic rings. The summed E-state index contributed by atoms with van der Waals surface area (Å²) in [6.07, 6.45) is 4.47. The van der Waals surface area contributed by atoms with Gasteiger partial charge in [0.2, 0.25) is 0 Å². The monoisotopic (exact) mass is 341 g/mol. The second kappa shape index (κ2) is 5.58. The lowest BCUT2D eigenvalue weighted by Crippen LogP contribution is -1.93. The number of pyridine rings is 1. The van der Waals surface area contributed by atoms with E-state index in [0.29, 0.717) is 5.56 Å². The smallest absolute Gasteiger partial charge is 0.0992 e. The van der Waals surface area contributed by atoms with Crippen LogP contribution in [0, 0.1) is 11.3 Å². The molecule has 1 fully saturated rings. The highest BCUT2D eigenvalue weighted by atomic mass is 32.1. The highest BCUT2D eigenvalue weighted by Crippen LogP contribution is 2.46. The molecule has 0 atom stereocenters. The highest BCUT2D eigenvalue weighted by molar-refractivity contribution is 7.17. The zero-order valence-corrected chi connectivity index (χ0v) is 14.3. The standard InChI is InChI=1S/C21H15N3S/c22-11-13-2-1-3-15(8-13)24-19-6-7-23-20-9-16-18(14-4-5-14)12-25-21(16)10-17(19)20/h1-3,6-10,12,14H,4-5H2,(H,23,24). The van der Waals surface area contributed by atoms with Crippen LogP contribution in [0.1, 0.15) is 29.9 Å². The van der Waals surface area contributed by atoms with Gasteiger partial charge in [-0.1, -0.05) is 6.07 Å². The van der Waals surface area contributed by atoms with Crippen LogP contribution < -0.4 is 5.32 Å². The van der Waals surface area contributed by atoms with Gasteiger partial charge in [0.1, 0.15) is 0 Å². The summed E-state index contributed by atoms with van der Waals surface area (Å²) in [5.41, 5.74) is 5.08. The molecule has 1 N–H and O–H groups in total. The van der Waals surface area contributed by atoms with E-state index in [0.717, 1.165) is 28.2 Å². The van der Waals surface area contributed by atoms with Crippen LogP contribution in [0.5, 0.6) is 0 Å². The fourth-order valence-electron chi connectivity index (χ4n) is 3.33. The number of hydrogen-bond donors (Lipinski definition) is 1. The van der Waals surface area contributed by atoms with E-state index < -0.39 is 0 Å². The van der Waals surface area contributed by atoms with E-state index in [1.165, 1.54) is 28.5 Å². The maximum absolute atomic E-state index is 9.08.